The zero-order valence-electron chi connectivity index (χ0n) is 4.86. The van der Waals surface area contributed by atoms with Crippen LogP contribution in [-0.4, -0.2) is 48.8 Å². The summed E-state index contributed by atoms with van der Waals surface area (Å²) in [6.07, 6.45) is 0. The fourth-order valence-electron chi connectivity index (χ4n) is 0. The summed E-state index contributed by atoms with van der Waals surface area (Å²) in [5.74, 6) is 0.0926. The van der Waals surface area contributed by atoms with E-state index in [1.807, 2.05) is 0 Å². The topological polar surface area (TPSA) is 20.3 Å². The number of amides is 1. The molecule has 0 aromatic rings. The molecule has 2 nitrogen and oxygen atoms in total. The average molecular weight is 206 g/mol. The van der Waals surface area contributed by atoms with Gasteiger partial charge in [0.2, 0.25) is 5.91 Å². The van der Waals surface area contributed by atoms with E-state index < -0.39 is 0 Å². The van der Waals surface area contributed by atoms with Gasteiger partial charge in [-0.25, -0.2) is 0 Å². The van der Waals surface area contributed by atoms with Gasteiger partial charge in [0.15, 0.2) is 0 Å². The maximum Gasteiger partial charge on any atom is 0.218 e. The zero-order chi connectivity index (χ0) is 5.15. The van der Waals surface area contributed by atoms with E-state index in [1.165, 1.54) is 11.8 Å². The monoisotopic (exact) mass is 207 g/mol. The average Bonchev–Trinajstić information content (AvgIpc) is 1.36. The maximum atomic E-state index is 10.1. The van der Waals surface area contributed by atoms with E-state index in [2.05, 4.69) is 0 Å². The number of nitrogens with zero attached hydrogens (tertiary/aromatic N) is 1. The molecule has 0 heterocycles. The molecule has 7 heavy (non-hydrogen) atoms. The molecule has 0 rings (SSSR count). The number of carbonyl (C=O) groups excluding carboxylic acids is 1. The smallest absolute Gasteiger partial charge is 0.218 e. The van der Waals surface area contributed by atoms with E-state index >= 15 is 0 Å². The largest absolute Gasteiger partial charge is 0.349 e. The number of carbonyl (C=O) groups is 1. The molecule has 1 amide bonds. The van der Waals surface area contributed by atoms with Crippen LogP contribution in [0.15, 0.2) is 0 Å². The van der Waals surface area contributed by atoms with Crippen LogP contribution in [0, 0.1) is 0 Å². The van der Waals surface area contributed by atoms with Crippen LogP contribution in [-0.2, 0) is 4.79 Å². The molecule has 0 bridgehead atoms. The SMILES string of the molecule is CC(=O)N(C)C.[Sn]. The molecule has 0 saturated carbocycles. The normalized spacial score (nSPS) is 6.71. The Kier molecular flexibility index (Phi) is 6.51. The predicted octanol–water partition coefficient (Wildman–Crippen LogP) is -0.286. The first-order chi connectivity index (χ1) is 2.64. The van der Waals surface area contributed by atoms with Crippen molar-refractivity contribution in [2.24, 2.45) is 0 Å². The van der Waals surface area contributed by atoms with Crippen LogP contribution in [0.25, 0.3) is 0 Å². The Bertz CT molecular complexity index is 62.7. The van der Waals surface area contributed by atoms with Crippen LogP contribution in [0.1, 0.15) is 6.92 Å². The molecule has 0 aliphatic carbocycles. The molecule has 40 valence electrons. The molecule has 0 unspecified atom stereocenters. The number of hydrogen-bond acceptors (Lipinski definition) is 1. The zero-order valence-corrected chi connectivity index (χ0v) is 7.71. The third kappa shape index (κ3) is 6.27. The van der Waals surface area contributed by atoms with Crippen molar-refractivity contribution >= 4 is 29.8 Å². The van der Waals surface area contributed by atoms with E-state index in [0.717, 1.165) is 0 Å². The Morgan fingerprint density at radius 3 is 1.57 bits per heavy atom. The molecule has 0 aliphatic heterocycles. The molecular weight excluding hydrogens is 197 g/mol. The molecule has 0 atom stereocenters. The molecule has 0 aliphatic rings. The molecule has 0 aromatic carbocycles. The standard InChI is InChI=1S/C4H9NO.Sn/c1-4(6)5(2)3;/h1-3H3;. The minimum Gasteiger partial charge on any atom is -0.349 e. The van der Waals surface area contributed by atoms with Crippen molar-refractivity contribution in [2.45, 2.75) is 6.92 Å². The van der Waals surface area contributed by atoms with Gasteiger partial charge in [-0.2, -0.15) is 0 Å². The van der Waals surface area contributed by atoms with Crippen molar-refractivity contribution in [3.05, 3.63) is 0 Å². The van der Waals surface area contributed by atoms with Crippen LogP contribution in [0.4, 0.5) is 0 Å². The van der Waals surface area contributed by atoms with Crippen LogP contribution in [0.3, 0.4) is 0 Å². The van der Waals surface area contributed by atoms with Gasteiger partial charge in [-0.15, -0.1) is 0 Å². The summed E-state index contributed by atoms with van der Waals surface area (Å²) in [6.45, 7) is 1.53. The number of hydrogen-bond donors (Lipinski definition) is 0. The van der Waals surface area contributed by atoms with Crippen molar-refractivity contribution in [2.75, 3.05) is 14.1 Å². The van der Waals surface area contributed by atoms with Crippen LogP contribution >= 0.6 is 0 Å². The minimum absolute atomic E-state index is 0. The van der Waals surface area contributed by atoms with Crippen molar-refractivity contribution < 1.29 is 4.79 Å². The second-order valence-corrected chi connectivity index (χ2v) is 1.41. The van der Waals surface area contributed by atoms with E-state index in [1.54, 1.807) is 14.1 Å². The Labute approximate surface area is 60.8 Å². The van der Waals surface area contributed by atoms with Crippen LogP contribution in [0.2, 0.25) is 0 Å². The summed E-state index contributed by atoms with van der Waals surface area (Å²) in [7, 11) is 3.45. The van der Waals surface area contributed by atoms with Crippen molar-refractivity contribution in [3.8, 4) is 0 Å². The van der Waals surface area contributed by atoms with E-state index in [0.29, 0.717) is 0 Å². The fraction of sp³-hybridized carbons (Fsp3) is 0.750. The summed E-state index contributed by atoms with van der Waals surface area (Å²) in [5, 5.41) is 0. The first-order valence-electron chi connectivity index (χ1n) is 1.82. The minimum atomic E-state index is 0. The summed E-state index contributed by atoms with van der Waals surface area (Å²) < 4.78 is 0. The van der Waals surface area contributed by atoms with Gasteiger partial charge in [0, 0.05) is 44.9 Å². The summed E-state index contributed by atoms with van der Waals surface area (Å²) in [6, 6.07) is 0. The van der Waals surface area contributed by atoms with Gasteiger partial charge >= 0.3 is 0 Å². The van der Waals surface area contributed by atoms with Gasteiger partial charge in [0.05, 0.1) is 0 Å². The third-order valence-corrected chi connectivity index (χ3v) is 0.630. The van der Waals surface area contributed by atoms with Crippen molar-refractivity contribution in [3.63, 3.8) is 0 Å². The maximum absolute atomic E-state index is 10.1. The van der Waals surface area contributed by atoms with E-state index in [-0.39, 0.29) is 29.8 Å². The first-order valence-corrected chi connectivity index (χ1v) is 1.82. The third-order valence-electron chi connectivity index (χ3n) is 0.630. The van der Waals surface area contributed by atoms with Gasteiger partial charge in [-0.1, -0.05) is 0 Å². The quantitative estimate of drug-likeness (QED) is 0.498. The van der Waals surface area contributed by atoms with Gasteiger partial charge in [-0.3, -0.25) is 4.79 Å². The van der Waals surface area contributed by atoms with E-state index in [9.17, 15) is 4.79 Å². The molecule has 0 N–H and O–H groups in total. The summed E-state index contributed by atoms with van der Waals surface area (Å²) in [5.41, 5.74) is 0. The van der Waals surface area contributed by atoms with Gasteiger partial charge in [0.1, 0.15) is 0 Å². The molecule has 4 radical (unpaired) electrons. The van der Waals surface area contributed by atoms with Crippen molar-refractivity contribution in [1.29, 1.82) is 0 Å². The van der Waals surface area contributed by atoms with Crippen LogP contribution in [0.5, 0.6) is 0 Å². The summed E-state index contributed by atoms with van der Waals surface area (Å²) >= 11 is 0. The Balaban J connectivity index is 0. The first kappa shape index (κ1) is 10.3. The molecule has 0 aromatic heterocycles. The second-order valence-electron chi connectivity index (χ2n) is 1.41. The Morgan fingerprint density at radius 1 is 1.43 bits per heavy atom. The summed E-state index contributed by atoms with van der Waals surface area (Å²) in [4.78, 5) is 11.6. The van der Waals surface area contributed by atoms with E-state index in [4.69, 9.17) is 0 Å². The number of rotatable bonds is 0. The molecule has 3 heteroatoms. The Morgan fingerprint density at radius 2 is 1.57 bits per heavy atom. The predicted molar refractivity (Wildman–Crippen MR) is 30.1 cm³/mol. The Hall–Kier alpha value is 0.269. The van der Waals surface area contributed by atoms with Gasteiger partial charge < -0.3 is 4.90 Å². The van der Waals surface area contributed by atoms with Crippen molar-refractivity contribution in [1.82, 2.24) is 4.90 Å². The van der Waals surface area contributed by atoms with Gasteiger partial charge in [-0.05, 0) is 0 Å². The molecule has 0 fully saturated rings. The molecule has 0 saturated heterocycles. The van der Waals surface area contributed by atoms with Crippen LogP contribution < -0.4 is 0 Å². The fourth-order valence-corrected chi connectivity index (χ4v) is 0. The second kappa shape index (κ2) is 4.43. The molecular formula is C4H9NOSn. The molecule has 0 spiro atoms. The van der Waals surface area contributed by atoms with Gasteiger partial charge in [0.25, 0.3) is 0 Å².